The summed E-state index contributed by atoms with van der Waals surface area (Å²) >= 11 is 0. The van der Waals surface area contributed by atoms with Gasteiger partial charge in [-0.05, 0) is 173 Å². The van der Waals surface area contributed by atoms with E-state index in [1.807, 2.05) is 158 Å². The summed E-state index contributed by atoms with van der Waals surface area (Å²) in [6, 6.07) is 52.3. The SMILES string of the molecule is C=C(N)c1cccc(CC(C(=O)OC)C(C)NC(=O)c2ccc3[nH]ccc3c2)c1.C=C(N)c1cccc(CC(C(=O)OC)C(C)NC(=O)c2ccc3cc[nH]c3c2)c1.C=C(N)c1cccc(CC(CO)C(NC(=O)c2ccc(-c3cccc(CN)c3)cc2)C(C)CC)c1. The Kier molecular flexibility index (Phi) is 25.2. The molecule has 0 saturated carbocycles. The number of hydrogen-bond acceptors (Lipinski definition) is 12. The Morgan fingerprint density at radius 1 is 0.484 bits per heavy atom. The molecule has 17 heteroatoms. The van der Waals surface area contributed by atoms with E-state index < -0.39 is 23.9 Å². The van der Waals surface area contributed by atoms with E-state index in [1.54, 1.807) is 32.0 Å². The maximum absolute atomic E-state index is 13.2. The van der Waals surface area contributed by atoms with Gasteiger partial charge in [0.25, 0.3) is 17.7 Å². The molecule has 0 fully saturated rings. The highest BCUT2D eigenvalue weighted by molar-refractivity contribution is 5.99. The van der Waals surface area contributed by atoms with Crippen LogP contribution in [0.3, 0.4) is 0 Å². The maximum Gasteiger partial charge on any atom is 0.311 e. The quantitative estimate of drug-likeness (QED) is 0.0239. The zero-order valence-corrected chi connectivity index (χ0v) is 53.8. The van der Waals surface area contributed by atoms with Gasteiger partial charge in [0.15, 0.2) is 0 Å². The summed E-state index contributed by atoms with van der Waals surface area (Å²) in [5.41, 5.74) is 36.7. The number of aliphatic hydroxyl groups excluding tert-OH is 1. The standard InChI is InChI=1S/C30H37N3O2.2C23H25N3O3/c1-4-20(2)29(28(19-34)16-22-7-5-9-26(15-22)21(3)32)33-30(35)25-13-11-24(12-14-25)27-10-6-8-23(17-27)18-31;1-14(24)18-6-4-5-16(11-18)12-20(23(28)29-3)15(2)26-22(27)19-8-7-17-9-10-25-21(17)13-19;1-14(24)17-6-4-5-16(11-17)12-20(23(28)29-3)15(2)26-22(27)19-7-8-21-18(13-19)9-10-25-21/h5-15,17,20,28-29,34H,3-4,16,18-19,31-32H2,1-2H3,(H,33,35);2*4-11,13,15,20,25H,1,12,24H2,2-3H3,(H,26,27). The summed E-state index contributed by atoms with van der Waals surface area (Å²) in [5.74, 6) is -2.40. The van der Waals surface area contributed by atoms with Crippen molar-refractivity contribution in [2.75, 3.05) is 20.8 Å². The molecule has 9 aromatic rings. The van der Waals surface area contributed by atoms with Gasteiger partial charge in [0.1, 0.15) is 0 Å². The second-order valence-electron chi connectivity index (χ2n) is 23.4. The highest BCUT2D eigenvalue weighted by Crippen LogP contribution is 2.27. The lowest BCUT2D eigenvalue weighted by molar-refractivity contribution is -0.147. The van der Waals surface area contributed by atoms with Gasteiger partial charge in [0.2, 0.25) is 0 Å². The zero-order chi connectivity index (χ0) is 67.3. The van der Waals surface area contributed by atoms with Gasteiger partial charge < -0.3 is 63.4 Å². The molecule has 2 aromatic heterocycles. The molecule has 14 N–H and O–H groups in total. The Labute approximate surface area is 544 Å². The van der Waals surface area contributed by atoms with Crippen molar-refractivity contribution in [1.82, 2.24) is 25.9 Å². The number of rotatable bonds is 25. The number of H-pyrrole nitrogens is 2. The average molecular weight is 1250 g/mol. The maximum atomic E-state index is 13.2. The monoisotopic (exact) mass is 1250 g/mol. The van der Waals surface area contributed by atoms with Crippen molar-refractivity contribution in [3.63, 3.8) is 0 Å². The Balaban J connectivity index is 0.000000199. The molecular weight excluding hydrogens is 1170 g/mol. The van der Waals surface area contributed by atoms with Crippen LogP contribution in [0.15, 0.2) is 202 Å². The molecule has 484 valence electrons. The third-order valence-electron chi connectivity index (χ3n) is 16.8. The number of carbonyl (C=O) groups is 5. The molecule has 9 rings (SSSR count). The lowest BCUT2D eigenvalue weighted by Gasteiger charge is -2.31. The second kappa shape index (κ2) is 33.5. The second-order valence-corrected chi connectivity index (χ2v) is 23.4. The van der Waals surface area contributed by atoms with Gasteiger partial charge in [-0.2, -0.15) is 0 Å². The molecule has 0 aliphatic carbocycles. The van der Waals surface area contributed by atoms with Crippen LogP contribution >= 0.6 is 0 Å². The number of esters is 2. The Hall–Kier alpha value is -10.5. The van der Waals surface area contributed by atoms with Crippen molar-refractivity contribution in [2.45, 2.75) is 78.0 Å². The van der Waals surface area contributed by atoms with Gasteiger partial charge in [-0.15, -0.1) is 0 Å². The molecule has 0 saturated heterocycles. The van der Waals surface area contributed by atoms with Crippen LogP contribution in [0.25, 0.3) is 50.0 Å². The van der Waals surface area contributed by atoms with E-state index in [4.69, 9.17) is 32.4 Å². The molecule has 0 aliphatic heterocycles. The van der Waals surface area contributed by atoms with Gasteiger partial charge >= 0.3 is 11.9 Å². The molecule has 17 nitrogen and oxygen atoms in total. The summed E-state index contributed by atoms with van der Waals surface area (Å²) < 4.78 is 9.96. The number of fused-ring (bicyclic) bond motifs is 2. The van der Waals surface area contributed by atoms with Gasteiger partial charge in [-0.1, -0.05) is 131 Å². The third kappa shape index (κ3) is 19.3. The smallest absolute Gasteiger partial charge is 0.311 e. The summed E-state index contributed by atoms with van der Waals surface area (Å²) in [6.45, 7) is 19.6. The molecular formula is C76H87N9O8. The van der Waals surface area contributed by atoms with Crippen molar-refractivity contribution >= 4 is 68.6 Å². The predicted molar refractivity (Wildman–Crippen MR) is 373 cm³/mol. The molecule has 2 heterocycles. The van der Waals surface area contributed by atoms with E-state index in [2.05, 4.69) is 65.6 Å². The largest absolute Gasteiger partial charge is 0.469 e. The number of aliphatic hydroxyl groups is 1. The number of hydrogen-bond donors (Lipinski definition) is 10. The summed E-state index contributed by atoms with van der Waals surface area (Å²) in [6.07, 6.45) is 5.98. The highest BCUT2D eigenvalue weighted by Gasteiger charge is 2.31. The lowest BCUT2D eigenvalue weighted by atomic mass is 9.83. The van der Waals surface area contributed by atoms with Gasteiger partial charge in [0.05, 0.1) is 26.1 Å². The Morgan fingerprint density at radius 3 is 1.43 bits per heavy atom. The number of aromatic amines is 2. The predicted octanol–water partition coefficient (Wildman–Crippen LogP) is 11.2. The molecule has 7 atom stereocenters. The minimum atomic E-state index is -0.542. The molecule has 7 aromatic carbocycles. The van der Waals surface area contributed by atoms with Crippen LogP contribution in [0, 0.1) is 23.7 Å². The first kappa shape index (κ1) is 70.0. The van der Waals surface area contributed by atoms with E-state index >= 15 is 0 Å². The minimum Gasteiger partial charge on any atom is -0.469 e. The number of nitrogens with two attached hydrogens (primary N) is 4. The Bertz CT molecular complexity index is 3910. The summed E-state index contributed by atoms with van der Waals surface area (Å²) in [4.78, 5) is 69.7. The number of carbonyl (C=O) groups excluding carboxylic acids is 5. The van der Waals surface area contributed by atoms with E-state index in [0.29, 0.717) is 59.6 Å². The topological polar surface area (TPSA) is 296 Å². The van der Waals surface area contributed by atoms with Crippen molar-refractivity contribution in [1.29, 1.82) is 0 Å². The molecule has 93 heavy (non-hydrogen) atoms. The van der Waals surface area contributed by atoms with Crippen molar-refractivity contribution in [3.8, 4) is 11.1 Å². The van der Waals surface area contributed by atoms with Crippen LogP contribution in [0.5, 0.6) is 0 Å². The highest BCUT2D eigenvalue weighted by atomic mass is 16.5. The fourth-order valence-corrected chi connectivity index (χ4v) is 11.1. The molecule has 0 bridgehead atoms. The average Bonchev–Trinajstić information content (AvgIpc) is 1.90. The number of nitrogens with one attached hydrogen (secondary N) is 5. The minimum absolute atomic E-state index is 0.0283. The van der Waals surface area contributed by atoms with Crippen LogP contribution in [-0.4, -0.2) is 83.7 Å². The van der Waals surface area contributed by atoms with Crippen LogP contribution in [-0.2, 0) is 44.9 Å². The van der Waals surface area contributed by atoms with Crippen LogP contribution in [0.1, 0.15) is 104 Å². The lowest BCUT2D eigenvalue weighted by Crippen LogP contribution is -2.46. The summed E-state index contributed by atoms with van der Waals surface area (Å²) in [5, 5.41) is 21.3. The van der Waals surface area contributed by atoms with Crippen molar-refractivity contribution in [3.05, 3.63) is 258 Å². The molecule has 0 radical (unpaired) electrons. The van der Waals surface area contributed by atoms with Gasteiger partial charge in [-0.25, -0.2) is 0 Å². The zero-order valence-electron chi connectivity index (χ0n) is 53.8. The van der Waals surface area contributed by atoms with Crippen LogP contribution in [0.4, 0.5) is 0 Å². The fraction of sp³-hybridized carbons (Fsp3) is 0.250. The first-order chi connectivity index (χ1) is 44.6. The van der Waals surface area contributed by atoms with Gasteiger partial charge in [-0.3, -0.25) is 24.0 Å². The molecule has 3 amide bonds. The first-order valence-corrected chi connectivity index (χ1v) is 31.0. The number of methoxy groups -OCH3 is 2. The molecule has 0 spiro atoms. The van der Waals surface area contributed by atoms with Crippen LogP contribution in [0.2, 0.25) is 0 Å². The van der Waals surface area contributed by atoms with E-state index in [0.717, 1.165) is 78.3 Å². The number of amides is 3. The normalized spacial score (nSPS) is 13.2. The van der Waals surface area contributed by atoms with Gasteiger partial charge in [0, 0.05) is 99.8 Å². The van der Waals surface area contributed by atoms with Crippen molar-refractivity contribution < 1.29 is 38.6 Å². The van der Waals surface area contributed by atoms with Crippen LogP contribution < -0.4 is 38.9 Å². The number of benzene rings is 7. The Morgan fingerprint density at radius 2 is 0.935 bits per heavy atom. The molecule has 7 unspecified atom stereocenters. The van der Waals surface area contributed by atoms with E-state index in [-0.39, 0.29) is 54.1 Å². The summed E-state index contributed by atoms with van der Waals surface area (Å²) in [7, 11) is 2.70. The van der Waals surface area contributed by atoms with E-state index in [1.165, 1.54) is 14.2 Å². The number of aromatic nitrogens is 2. The number of ether oxygens (including phenoxy) is 2. The first-order valence-electron chi connectivity index (χ1n) is 31.0. The third-order valence-corrected chi connectivity index (χ3v) is 16.8. The van der Waals surface area contributed by atoms with E-state index in [9.17, 15) is 29.1 Å². The molecule has 0 aliphatic rings. The van der Waals surface area contributed by atoms with Crippen molar-refractivity contribution in [2.24, 2.45) is 46.6 Å². The fourth-order valence-electron chi connectivity index (χ4n) is 11.1.